The minimum absolute atomic E-state index is 0.0345. The van der Waals surface area contributed by atoms with Gasteiger partial charge in [-0.3, -0.25) is 10.1 Å². The summed E-state index contributed by atoms with van der Waals surface area (Å²) in [6.07, 6.45) is 0.734. The Bertz CT molecular complexity index is 598. The summed E-state index contributed by atoms with van der Waals surface area (Å²) in [4.78, 5) is 10.6. The molecule has 21 heavy (non-hydrogen) atoms. The Balaban J connectivity index is 2.01. The average Bonchev–Trinajstić information content (AvgIpc) is 2.52. The van der Waals surface area contributed by atoms with Gasteiger partial charge in [0.1, 0.15) is 0 Å². The molecule has 0 aliphatic carbocycles. The van der Waals surface area contributed by atoms with Crippen LogP contribution in [0.15, 0.2) is 54.6 Å². The monoisotopic (exact) mass is 285 g/mol. The first-order valence-corrected chi connectivity index (χ1v) is 7.05. The van der Waals surface area contributed by atoms with E-state index in [0.29, 0.717) is 12.8 Å². The molecule has 2 atom stereocenters. The molecule has 0 bridgehead atoms. The fourth-order valence-electron chi connectivity index (χ4n) is 2.42. The summed E-state index contributed by atoms with van der Waals surface area (Å²) in [5.74, 6) is 0.0345. The maximum absolute atomic E-state index is 11.0. The van der Waals surface area contributed by atoms with E-state index in [1.165, 1.54) is 6.07 Å². The molecule has 4 nitrogen and oxygen atoms in total. The number of aliphatic hydroxyl groups is 1. The number of hydrogen-bond acceptors (Lipinski definition) is 3. The summed E-state index contributed by atoms with van der Waals surface area (Å²) in [5, 5.41) is 21.3. The zero-order chi connectivity index (χ0) is 15.2. The lowest BCUT2D eigenvalue weighted by atomic mass is 9.91. The second-order valence-corrected chi connectivity index (χ2v) is 5.26. The van der Waals surface area contributed by atoms with E-state index in [1.807, 2.05) is 37.3 Å². The van der Waals surface area contributed by atoms with Crippen molar-refractivity contribution >= 4 is 5.69 Å². The highest BCUT2D eigenvalue weighted by Crippen LogP contribution is 2.27. The largest absolute Gasteiger partial charge is 0.388 e. The van der Waals surface area contributed by atoms with Gasteiger partial charge < -0.3 is 5.11 Å². The number of aryl methyl sites for hydroxylation is 1. The van der Waals surface area contributed by atoms with Gasteiger partial charge in [0.15, 0.2) is 0 Å². The molecular formula is C17H19NO3. The second kappa shape index (κ2) is 6.99. The van der Waals surface area contributed by atoms with Crippen molar-refractivity contribution < 1.29 is 10.0 Å². The molecule has 2 rings (SSSR count). The smallest absolute Gasteiger partial charge is 0.272 e. The molecule has 0 saturated heterocycles. The van der Waals surface area contributed by atoms with Gasteiger partial charge in [-0.1, -0.05) is 55.5 Å². The minimum atomic E-state index is -0.547. The first-order valence-electron chi connectivity index (χ1n) is 7.05. The van der Waals surface area contributed by atoms with Crippen LogP contribution < -0.4 is 0 Å². The number of nitro groups is 1. The van der Waals surface area contributed by atoms with E-state index in [4.69, 9.17) is 0 Å². The first kappa shape index (κ1) is 15.2. The molecule has 2 aromatic carbocycles. The third-order valence-corrected chi connectivity index (χ3v) is 3.74. The van der Waals surface area contributed by atoms with Crippen LogP contribution in [0.3, 0.4) is 0 Å². The van der Waals surface area contributed by atoms with Crippen molar-refractivity contribution in [3.63, 3.8) is 0 Å². The summed E-state index contributed by atoms with van der Waals surface area (Å²) >= 11 is 0. The zero-order valence-corrected chi connectivity index (χ0v) is 12.0. The molecule has 0 amide bonds. The van der Waals surface area contributed by atoms with Gasteiger partial charge >= 0.3 is 0 Å². The van der Waals surface area contributed by atoms with Gasteiger partial charge in [0, 0.05) is 11.6 Å². The van der Waals surface area contributed by atoms with E-state index in [2.05, 4.69) is 0 Å². The number of hydrogen-bond donors (Lipinski definition) is 1. The van der Waals surface area contributed by atoms with Crippen molar-refractivity contribution in [1.29, 1.82) is 0 Å². The molecule has 0 aliphatic rings. The van der Waals surface area contributed by atoms with Crippen LogP contribution in [0.1, 0.15) is 30.6 Å². The fraction of sp³-hybridized carbons (Fsp3) is 0.294. The second-order valence-electron chi connectivity index (χ2n) is 5.26. The Hall–Kier alpha value is -2.20. The van der Waals surface area contributed by atoms with Crippen LogP contribution in [0.25, 0.3) is 0 Å². The van der Waals surface area contributed by atoms with Gasteiger partial charge in [-0.15, -0.1) is 0 Å². The standard InChI is InChI=1S/C17H19NO3/c1-13(17(19)15-8-3-2-4-9-15)11-12-14-7-5-6-10-16(14)18(20)21/h2-10,13,17,19H,11-12H2,1H3. The quantitative estimate of drug-likeness (QED) is 0.646. The maximum Gasteiger partial charge on any atom is 0.272 e. The van der Waals surface area contributed by atoms with Crippen molar-refractivity contribution in [2.45, 2.75) is 25.9 Å². The predicted molar refractivity (Wildman–Crippen MR) is 82.0 cm³/mol. The highest BCUT2D eigenvalue weighted by molar-refractivity contribution is 5.39. The lowest BCUT2D eigenvalue weighted by Crippen LogP contribution is -2.10. The number of rotatable bonds is 6. The number of benzene rings is 2. The molecule has 2 unspecified atom stereocenters. The molecule has 1 N–H and O–H groups in total. The summed E-state index contributed by atoms with van der Waals surface area (Å²) in [7, 11) is 0. The van der Waals surface area contributed by atoms with Crippen LogP contribution in [0, 0.1) is 16.0 Å². The van der Waals surface area contributed by atoms with Gasteiger partial charge in [-0.25, -0.2) is 0 Å². The Morgan fingerprint density at radius 1 is 1.10 bits per heavy atom. The van der Waals surface area contributed by atoms with Gasteiger partial charge in [0.25, 0.3) is 5.69 Å². The molecule has 0 aliphatic heterocycles. The summed E-state index contributed by atoms with van der Waals surface area (Å²) < 4.78 is 0. The third kappa shape index (κ3) is 3.89. The van der Waals surface area contributed by atoms with Crippen molar-refractivity contribution in [2.24, 2.45) is 5.92 Å². The van der Waals surface area contributed by atoms with E-state index in [9.17, 15) is 15.2 Å². The van der Waals surface area contributed by atoms with Crippen LogP contribution in [0.4, 0.5) is 5.69 Å². The van der Waals surface area contributed by atoms with Crippen molar-refractivity contribution in [3.8, 4) is 0 Å². The van der Waals surface area contributed by atoms with Crippen LogP contribution in [-0.4, -0.2) is 10.0 Å². The highest BCUT2D eigenvalue weighted by atomic mass is 16.6. The molecule has 0 saturated carbocycles. The Labute approximate surface area is 124 Å². The molecule has 0 aromatic heterocycles. The highest BCUT2D eigenvalue weighted by Gasteiger charge is 2.18. The lowest BCUT2D eigenvalue weighted by molar-refractivity contribution is -0.385. The van der Waals surface area contributed by atoms with Crippen molar-refractivity contribution in [2.75, 3.05) is 0 Å². The molecule has 0 spiro atoms. The van der Waals surface area contributed by atoms with Crippen LogP contribution in [-0.2, 0) is 6.42 Å². The van der Waals surface area contributed by atoms with E-state index in [1.54, 1.807) is 18.2 Å². The zero-order valence-electron chi connectivity index (χ0n) is 12.0. The van der Waals surface area contributed by atoms with Crippen LogP contribution >= 0.6 is 0 Å². The molecule has 2 aromatic rings. The number of nitro benzene ring substituents is 1. The van der Waals surface area contributed by atoms with Gasteiger partial charge in [0.2, 0.25) is 0 Å². The summed E-state index contributed by atoms with van der Waals surface area (Å²) in [5.41, 5.74) is 1.75. The van der Waals surface area contributed by atoms with E-state index in [0.717, 1.165) is 11.1 Å². The topological polar surface area (TPSA) is 63.4 Å². The SMILES string of the molecule is CC(CCc1ccccc1[N+](=O)[O-])C(O)c1ccccc1. The Kier molecular flexibility index (Phi) is 5.06. The number of para-hydroxylation sites is 1. The first-order chi connectivity index (χ1) is 10.1. The van der Waals surface area contributed by atoms with Crippen molar-refractivity contribution in [3.05, 3.63) is 75.8 Å². The van der Waals surface area contributed by atoms with Gasteiger partial charge in [-0.05, 0) is 24.3 Å². The Morgan fingerprint density at radius 2 is 1.71 bits per heavy atom. The van der Waals surface area contributed by atoms with E-state index >= 15 is 0 Å². The summed E-state index contributed by atoms with van der Waals surface area (Å²) in [6, 6.07) is 16.3. The van der Waals surface area contributed by atoms with Crippen LogP contribution in [0.5, 0.6) is 0 Å². The van der Waals surface area contributed by atoms with E-state index in [-0.39, 0.29) is 16.5 Å². The van der Waals surface area contributed by atoms with Crippen molar-refractivity contribution in [1.82, 2.24) is 0 Å². The number of nitrogens with zero attached hydrogens (tertiary/aromatic N) is 1. The molecule has 0 heterocycles. The maximum atomic E-state index is 11.0. The normalized spacial score (nSPS) is 13.6. The van der Waals surface area contributed by atoms with Gasteiger partial charge in [-0.2, -0.15) is 0 Å². The molecule has 4 heteroatoms. The molecule has 110 valence electrons. The lowest BCUT2D eigenvalue weighted by Gasteiger charge is -2.19. The number of aliphatic hydroxyl groups excluding tert-OH is 1. The molecular weight excluding hydrogens is 266 g/mol. The molecule has 0 radical (unpaired) electrons. The van der Waals surface area contributed by atoms with Crippen LogP contribution in [0.2, 0.25) is 0 Å². The Morgan fingerprint density at radius 3 is 2.38 bits per heavy atom. The predicted octanol–water partition coefficient (Wildman–Crippen LogP) is 3.90. The minimum Gasteiger partial charge on any atom is -0.388 e. The third-order valence-electron chi connectivity index (χ3n) is 3.74. The average molecular weight is 285 g/mol. The van der Waals surface area contributed by atoms with Gasteiger partial charge in [0.05, 0.1) is 11.0 Å². The summed E-state index contributed by atoms with van der Waals surface area (Å²) in [6.45, 7) is 1.96. The van der Waals surface area contributed by atoms with E-state index < -0.39 is 6.10 Å². The fourth-order valence-corrected chi connectivity index (χ4v) is 2.42. The molecule has 0 fully saturated rings.